The van der Waals surface area contributed by atoms with Gasteiger partial charge in [-0.15, -0.1) is 16.4 Å². The van der Waals surface area contributed by atoms with Gasteiger partial charge in [0.2, 0.25) is 11.6 Å². The maximum atomic E-state index is 12.9. The zero-order valence-electron chi connectivity index (χ0n) is 14.0. The highest BCUT2D eigenvalue weighted by Crippen LogP contribution is 2.29. The molecule has 3 aromatic heterocycles. The summed E-state index contributed by atoms with van der Waals surface area (Å²) < 4.78 is 18.8. The van der Waals surface area contributed by atoms with E-state index in [1.54, 1.807) is 6.07 Å². The third-order valence-electron chi connectivity index (χ3n) is 3.59. The summed E-state index contributed by atoms with van der Waals surface area (Å²) in [6.45, 7) is 0. The smallest absolute Gasteiger partial charge is 0.294 e. The van der Waals surface area contributed by atoms with Crippen LogP contribution in [0.1, 0.15) is 16.1 Å². The van der Waals surface area contributed by atoms with Gasteiger partial charge in [0.15, 0.2) is 5.69 Å². The molecule has 0 aliphatic heterocycles. The van der Waals surface area contributed by atoms with Gasteiger partial charge in [-0.05, 0) is 39.5 Å². The molecule has 4 rings (SSSR count). The summed E-state index contributed by atoms with van der Waals surface area (Å²) >= 11 is 1.38. The standard InChI is InChI=1S/C16H11FN8O2S/c17-10-5-3-9(4-6-10)8-19-21-16(26)12-13(11-2-1-7-28-11)25(24-20-12)15-14(18)22-27-23-15/h1-8H,(H2,18,22)(H,21,26)/b19-8-. The minimum absolute atomic E-state index is 0.00370. The van der Waals surface area contributed by atoms with E-state index in [2.05, 4.69) is 35.8 Å². The van der Waals surface area contributed by atoms with E-state index >= 15 is 0 Å². The Morgan fingerprint density at radius 3 is 2.79 bits per heavy atom. The van der Waals surface area contributed by atoms with Crippen LogP contribution in [-0.2, 0) is 0 Å². The number of amides is 1. The molecule has 0 fully saturated rings. The van der Waals surface area contributed by atoms with E-state index in [0.717, 1.165) is 0 Å². The van der Waals surface area contributed by atoms with Gasteiger partial charge in [0.1, 0.15) is 11.5 Å². The third kappa shape index (κ3) is 3.35. The van der Waals surface area contributed by atoms with Crippen LogP contribution < -0.4 is 11.2 Å². The molecule has 0 radical (unpaired) electrons. The monoisotopic (exact) mass is 398 g/mol. The molecule has 0 bridgehead atoms. The van der Waals surface area contributed by atoms with Crippen LogP contribution in [0.3, 0.4) is 0 Å². The molecule has 3 heterocycles. The summed E-state index contributed by atoms with van der Waals surface area (Å²) in [5, 5.41) is 20.8. The van der Waals surface area contributed by atoms with E-state index in [-0.39, 0.29) is 23.1 Å². The number of hydrogen-bond donors (Lipinski definition) is 2. The number of hydrogen-bond acceptors (Lipinski definition) is 9. The second-order valence-electron chi connectivity index (χ2n) is 5.40. The maximum absolute atomic E-state index is 12.9. The summed E-state index contributed by atoms with van der Waals surface area (Å²) in [5.74, 6) is -0.836. The maximum Gasteiger partial charge on any atom is 0.294 e. The second kappa shape index (κ2) is 7.36. The lowest BCUT2D eigenvalue weighted by Gasteiger charge is -2.03. The van der Waals surface area contributed by atoms with Gasteiger partial charge in [-0.3, -0.25) is 4.79 Å². The van der Waals surface area contributed by atoms with Crippen LogP contribution in [0.4, 0.5) is 10.2 Å². The van der Waals surface area contributed by atoms with Crippen molar-refractivity contribution in [1.29, 1.82) is 0 Å². The first-order valence-electron chi connectivity index (χ1n) is 7.80. The fourth-order valence-corrected chi connectivity index (χ4v) is 3.08. The Bertz CT molecular complexity index is 1130. The number of anilines is 1. The van der Waals surface area contributed by atoms with Crippen molar-refractivity contribution in [2.24, 2.45) is 5.10 Å². The van der Waals surface area contributed by atoms with Crippen molar-refractivity contribution in [3.63, 3.8) is 0 Å². The number of aromatic nitrogens is 5. The average molecular weight is 398 g/mol. The molecule has 0 aliphatic rings. The van der Waals surface area contributed by atoms with E-state index in [0.29, 0.717) is 16.1 Å². The van der Waals surface area contributed by atoms with Gasteiger partial charge < -0.3 is 5.73 Å². The fourth-order valence-electron chi connectivity index (χ4n) is 2.32. The highest BCUT2D eigenvalue weighted by Gasteiger charge is 2.25. The molecule has 0 unspecified atom stereocenters. The molecule has 1 aromatic carbocycles. The molecule has 140 valence electrons. The lowest BCUT2D eigenvalue weighted by molar-refractivity contribution is 0.0951. The number of carbonyl (C=O) groups excluding carboxylic acids is 1. The molecule has 28 heavy (non-hydrogen) atoms. The van der Waals surface area contributed by atoms with Crippen molar-refractivity contribution in [1.82, 2.24) is 30.7 Å². The molecule has 0 saturated heterocycles. The van der Waals surface area contributed by atoms with E-state index < -0.39 is 5.91 Å². The van der Waals surface area contributed by atoms with Crippen molar-refractivity contribution in [2.45, 2.75) is 0 Å². The first-order valence-corrected chi connectivity index (χ1v) is 8.68. The summed E-state index contributed by atoms with van der Waals surface area (Å²) in [6.07, 6.45) is 1.38. The number of nitrogens with two attached hydrogens (primary N) is 1. The number of rotatable bonds is 5. The Morgan fingerprint density at radius 1 is 1.29 bits per heavy atom. The van der Waals surface area contributed by atoms with Gasteiger partial charge in [0.05, 0.1) is 11.1 Å². The highest BCUT2D eigenvalue weighted by molar-refractivity contribution is 7.13. The number of carbonyl (C=O) groups is 1. The van der Waals surface area contributed by atoms with Gasteiger partial charge in [0, 0.05) is 0 Å². The molecule has 0 atom stereocenters. The highest BCUT2D eigenvalue weighted by atomic mass is 32.1. The molecule has 4 aromatic rings. The van der Waals surface area contributed by atoms with Gasteiger partial charge in [-0.1, -0.05) is 23.4 Å². The molecule has 1 amide bonds. The van der Waals surface area contributed by atoms with Crippen molar-refractivity contribution in [2.75, 3.05) is 5.73 Å². The van der Waals surface area contributed by atoms with Crippen LogP contribution in [0.5, 0.6) is 0 Å². The number of thiophene rings is 1. The van der Waals surface area contributed by atoms with Gasteiger partial charge in [0.25, 0.3) is 5.91 Å². The molecular weight excluding hydrogens is 387 g/mol. The zero-order chi connectivity index (χ0) is 19.5. The average Bonchev–Trinajstić information content (AvgIpc) is 3.42. The quantitative estimate of drug-likeness (QED) is 0.387. The van der Waals surface area contributed by atoms with E-state index in [1.165, 1.54) is 46.5 Å². The number of nitrogens with zero attached hydrogens (tertiary/aromatic N) is 6. The second-order valence-corrected chi connectivity index (χ2v) is 6.35. The van der Waals surface area contributed by atoms with Crippen molar-refractivity contribution in [3.8, 4) is 16.4 Å². The molecule has 10 nitrogen and oxygen atoms in total. The Balaban J connectivity index is 1.64. The Hall–Kier alpha value is -3.93. The van der Waals surface area contributed by atoms with Crippen LogP contribution in [0, 0.1) is 5.82 Å². The molecule has 12 heteroatoms. The Morgan fingerprint density at radius 2 is 2.11 bits per heavy atom. The fraction of sp³-hybridized carbons (Fsp3) is 0. The number of nitrogens with one attached hydrogen (secondary N) is 1. The Labute approximate surface area is 160 Å². The molecule has 3 N–H and O–H groups in total. The number of hydrazone groups is 1. The summed E-state index contributed by atoms with van der Waals surface area (Å²) in [5.41, 5.74) is 9.10. The van der Waals surface area contributed by atoms with Gasteiger partial charge in [-0.25, -0.2) is 14.4 Å². The van der Waals surface area contributed by atoms with Crippen LogP contribution >= 0.6 is 11.3 Å². The first-order chi connectivity index (χ1) is 13.6. The third-order valence-corrected chi connectivity index (χ3v) is 4.46. The predicted molar refractivity (Wildman–Crippen MR) is 98.4 cm³/mol. The molecule has 0 spiro atoms. The summed E-state index contributed by atoms with van der Waals surface area (Å²) in [7, 11) is 0. The van der Waals surface area contributed by atoms with Crippen molar-refractivity contribution < 1.29 is 13.8 Å². The van der Waals surface area contributed by atoms with Crippen LogP contribution in [-0.4, -0.2) is 37.4 Å². The lowest BCUT2D eigenvalue weighted by atomic mass is 10.2. The van der Waals surface area contributed by atoms with Crippen molar-refractivity contribution >= 4 is 29.3 Å². The Kier molecular flexibility index (Phi) is 4.60. The largest absolute Gasteiger partial charge is 0.378 e. The first kappa shape index (κ1) is 17.5. The van der Waals surface area contributed by atoms with E-state index in [9.17, 15) is 9.18 Å². The predicted octanol–water partition coefficient (Wildman–Crippen LogP) is 1.86. The van der Waals surface area contributed by atoms with E-state index in [1.807, 2.05) is 11.4 Å². The van der Waals surface area contributed by atoms with Crippen LogP contribution in [0.15, 0.2) is 51.5 Å². The van der Waals surface area contributed by atoms with Gasteiger partial charge >= 0.3 is 0 Å². The minimum atomic E-state index is -0.594. The topological polar surface area (TPSA) is 137 Å². The normalized spacial score (nSPS) is 11.2. The molecular formula is C16H11FN8O2S. The zero-order valence-corrected chi connectivity index (χ0v) is 14.8. The lowest BCUT2D eigenvalue weighted by Crippen LogP contribution is -2.19. The van der Waals surface area contributed by atoms with Crippen LogP contribution in [0.2, 0.25) is 0 Å². The SMILES string of the molecule is Nc1nonc1-n1nnc(C(=O)N/N=C\c2ccc(F)cc2)c1-c1cccs1. The number of halogens is 1. The molecule has 0 saturated carbocycles. The summed E-state index contributed by atoms with van der Waals surface area (Å²) in [6, 6.07) is 9.25. The van der Waals surface area contributed by atoms with Crippen LogP contribution in [0.25, 0.3) is 16.4 Å². The summed E-state index contributed by atoms with van der Waals surface area (Å²) in [4.78, 5) is 13.3. The molecule has 0 aliphatic carbocycles. The van der Waals surface area contributed by atoms with Gasteiger partial charge in [-0.2, -0.15) is 9.78 Å². The van der Waals surface area contributed by atoms with E-state index in [4.69, 9.17) is 5.73 Å². The number of nitrogen functional groups attached to an aromatic ring is 1. The van der Waals surface area contributed by atoms with Crippen molar-refractivity contribution in [3.05, 3.63) is 58.9 Å². The minimum Gasteiger partial charge on any atom is -0.378 e. The number of benzene rings is 1.